The molecule has 7 heteroatoms. The molecular weight excluding hydrogens is 293 g/mol. The van der Waals surface area contributed by atoms with Crippen molar-refractivity contribution in [2.24, 2.45) is 5.92 Å². The maximum atomic E-state index is 13.8. The first-order chi connectivity index (χ1) is 9.99. The Bertz CT molecular complexity index is 643. The molecule has 1 N–H and O–H groups in total. The molecule has 0 aliphatic rings. The lowest BCUT2D eigenvalue weighted by atomic mass is 10.1. The molecule has 0 saturated heterocycles. The molecule has 2 rings (SSSR count). The van der Waals surface area contributed by atoms with Crippen molar-refractivity contribution in [1.82, 2.24) is 10.2 Å². The number of nitrogens with zero attached hydrogens (tertiary/aromatic N) is 2. The second-order valence-corrected chi connectivity index (χ2v) is 5.96. The lowest BCUT2D eigenvalue weighted by molar-refractivity contribution is 0.102. The number of benzene rings is 1. The van der Waals surface area contributed by atoms with Crippen LogP contribution in [0.15, 0.2) is 18.2 Å². The van der Waals surface area contributed by atoms with Crippen molar-refractivity contribution in [3.05, 3.63) is 34.6 Å². The minimum absolute atomic E-state index is 0.0589. The van der Waals surface area contributed by atoms with Crippen molar-refractivity contribution in [1.29, 1.82) is 0 Å². The third-order valence-corrected chi connectivity index (χ3v) is 3.55. The van der Waals surface area contributed by atoms with Gasteiger partial charge in [-0.2, -0.15) is 0 Å². The number of aromatic nitrogens is 2. The first-order valence-electron chi connectivity index (χ1n) is 6.47. The van der Waals surface area contributed by atoms with E-state index in [-0.39, 0.29) is 5.56 Å². The van der Waals surface area contributed by atoms with Crippen molar-refractivity contribution >= 4 is 22.4 Å². The molecule has 2 aromatic rings. The summed E-state index contributed by atoms with van der Waals surface area (Å²) in [6, 6.07) is 4.07. The summed E-state index contributed by atoms with van der Waals surface area (Å²) in [6.45, 7) is 4.15. The third-order valence-electron chi connectivity index (χ3n) is 2.69. The maximum Gasteiger partial charge on any atom is 0.260 e. The van der Waals surface area contributed by atoms with Gasteiger partial charge in [0.25, 0.3) is 5.91 Å². The number of methoxy groups -OCH3 is 1. The second-order valence-electron chi connectivity index (χ2n) is 4.90. The zero-order valence-electron chi connectivity index (χ0n) is 12.0. The van der Waals surface area contributed by atoms with E-state index in [1.165, 1.54) is 36.6 Å². The highest BCUT2D eigenvalue weighted by Crippen LogP contribution is 2.21. The summed E-state index contributed by atoms with van der Waals surface area (Å²) in [6.07, 6.45) is 0.796. The summed E-state index contributed by atoms with van der Waals surface area (Å²) < 4.78 is 18.7. The summed E-state index contributed by atoms with van der Waals surface area (Å²) in [7, 11) is 1.44. The van der Waals surface area contributed by atoms with Crippen LogP contribution in [-0.2, 0) is 6.42 Å². The Labute approximate surface area is 126 Å². The molecule has 0 unspecified atom stereocenters. The fourth-order valence-corrected chi connectivity index (χ4v) is 2.65. The summed E-state index contributed by atoms with van der Waals surface area (Å²) in [5.74, 6) is -0.374. The van der Waals surface area contributed by atoms with Gasteiger partial charge in [0, 0.05) is 12.5 Å². The van der Waals surface area contributed by atoms with Gasteiger partial charge in [-0.25, -0.2) is 4.39 Å². The van der Waals surface area contributed by atoms with Gasteiger partial charge < -0.3 is 4.74 Å². The van der Waals surface area contributed by atoms with Gasteiger partial charge in [-0.3, -0.25) is 10.1 Å². The topological polar surface area (TPSA) is 64.1 Å². The van der Waals surface area contributed by atoms with E-state index in [1.54, 1.807) is 0 Å². The quantitative estimate of drug-likeness (QED) is 0.921. The number of ether oxygens (including phenoxy) is 1. The smallest absolute Gasteiger partial charge is 0.260 e. The zero-order chi connectivity index (χ0) is 15.4. The minimum atomic E-state index is -0.640. The van der Waals surface area contributed by atoms with Crippen LogP contribution < -0.4 is 10.1 Å². The van der Waals surface area contributed by atoms with Crippen LogP contribution in [0.2, 0.25) is 0 Å². The first kappa shape index (κ1) is 15.4. The van der Waals surface area contributed by atoms with Gasteiger partial charge in [-0.05, 0) is 18.1 Å². The molecule has 0 radical (unpaired) electrons. The number of anilines is 1. The van der Waals surface area contributed by atoms with E-state index in [0.29, 0.717) is 16.8 Å². The molecular formula is C14H16FN3O2S. The number of carbonyl (C=O) groups is 1. The van der Waals surface area contributed by atoms with Gasteiger partial charge in [-0.15, -0.1) is 10.2 Å². The number of hydrogen-bond donors (Lipinski definition) is 1. The molecule has 0 atom stereocenters. The van der Waals surface area contributed by atoms with Crippen LogP contribution >= 0.6 is 11.3 Å². The van der Waals surface area contributed by atoms with Gasteiger partial charge in [0.15, 0.2) is 0 Å². The second kappa shape index (κ2) is 6.62. The van der Waals surface area contributed by atoms with E-state index in [2.05, 4.69) is 29.4 Å². The number of nitrogens with one attached hydrogen (secondary N) is 1. The van der Waals surface area contributed by atoms with Crippen molar-refractivity contribution in [3.8, 4) is 5.75 Å². The average molecular weight is 309 g/mol. The predicted octanol–water partition coefficient (Wildman–Crippen LogP) is 3.14. The lowest BCUT2D eigenvalue weighted by Gasteiger charge is -2.05. The highest BCUT2D eigenvalue weighted by atomic mass is 32.1. The van der Waals surface area contributed by atoms with Crippen LogP contribution in [-0.4, -0.2) is 23.2 Å². The Morgan fingerprint density at radius 2 is 2.19 bits per heavy atom. The zero-order valence-corrected chi connectivity index (χ0v) is 12.8. The van der Waals surface area contributed by atoms with E-state index in [9.17, 15) is 9.18 Å². The standard InChI is InChI=1S/C14H16FN3O2S/c1-8(2)6-12-17-18-14(21-12)16-13(19)10-5-4-9(20-3)7-11(10)15/h4-5,7-8H,6H2,1-3H3,(H,16,18,19). The Balaban J connectivity index is 2.09. The van der Waals surface area contributed by atoms with Gasteiger partial charge in [0.1, 0.15) is 16.6 Å². The van der Waals surface area contributed by atoms with Crippen molar-refractivity contribution in [2.75, 3.05) is 12.4 Å². The van der Waals surface area contributed by atoms with Gasteiger partial charge in [-0.1, -0.05) is 25.2 Å². The fraction of sp³-hybridized carbons (Fsp3) is 0.357. The van der Waals surface area contributed by atoms with Crippen LogP contribution in [0.1, 0.15) is 29.2 Å². The molecule has 0 saturated carbocycles. The Hall–Kier alpha value is -2.02. The highest BCUT2D eigenvalue weighted by Gasteiger charge is 2.15. The van der Waals surface area contributed by atoms with Gasteiger partial charge >= 0.3 is 0 Å². The van der Waals surface area contributed by atoms with Gasteiger partial charge in [0.05, 0.1) is 12.7 Å². The SMILES string of the molecule is COc1ccc(C(=O)Nc2nnc(CC(C)C)s2)c(F)c1. The largest absolute Gasteiger partial charge is 0.497 e. The molecule has 112 valence electrons. The molecule has 0 aliphatic heterocycles. The molecule has 21 heavy (non-hydrogen) atoms. The summed E-state index contributed by atoms with van der Waals surface area (Å²) in [5.41, 5.74) is -0.0589. The number of amides is 1. The Kier molecular flexibility index (Phi) is 4.85. The van der Waals surface area contributed by atoms with Crippen LogP contribution in [0.5, 0.6) is 5.75 Å². The molecule has 0 aliphatic carbocycles. The molecule has 0 spiro atoms. The molecule has 1 aromatic carbocycles. The number of halogens is 1. The van der Waals surface area contributed by atoms with E-state index in [0.717, 1.165) is 11.4 Å². The van der Waals surface area contributed by atoms with Crippen LogP contribution in [0.3, 0.4) is 0 Å². The predicted molar refractivity (Wildman–Crippen MR) is 79.4 cm³/mol. The van der Waals surface area contributed by atoms with E-state index in [4.69, 9.17) is 4.74 Å². The summed E-state index contributed by atoms with van der Waals surface area (Å²) >= 11 is 1.30. The number of hydrogen-bond acceptors (Lipinski definition) is 5. The maximum absolute atomic E-state index is 13.8. The van der Waals surface area contributed by atoms with Crippen molar-refractivity contribution in [3.63, 3.8) is 0 Å². The van der Waals surface area contributed by atoms with E-state index in [1.807, 2.05) is 0 Å². The Morgan fingerprint density at radius 3 is 2.81 bits per heavy atom. The normalized spacial score (nSPS) is 10.7. The van der Waals surface area contributed by atoms with Crippen LogP contribution in [0, 0.1) is 11.7 Å². The average Bonchev–Trinajstić information content (AvgIpc) is 2.84. The van der Waals surface area contributed by atoms with Crippen molar-refractivity contribution < 1.29 is 13.9 Å². The molecule has 0 bridgehead atoms. The highest BCUT2D eigenvalue weighted by molar-refractivity contribution is 7.15. The van der Waals surface area contributed by atoms with E-state index < -0.39 is 11.7 Å². The molecule has 1 aromatic heterocycles. The number of carbonyl (C=O) groups excluding carboxylic acids is 1. The molecule has 1 heterocycles. The summed E-state index contributed by atoms with van der Waals surface area (Å²) in [5, 5.41) is 11.6. The van der Waals surface area contributed by atoms with Crippen LogP contribution in [0.25, 0.3) is 0 Å². The third kappa shape index (κ3) is 3.98. The molecule has 1 amide bonds. The molecule has 5 nitrogen and oxygen atoms in total. The van der Waals surface area contributed by atoms with Gasteiger partial charge in [0.2, 0.25) is 5.13 Å². The first-order valence-corrected chi connectivity index (χ1v) is 7.28. The van der Waals surface area contributed by atoms with E-state index >= 15 is 0 Å². The van der Waals surface area contributed by atoms with Crippen LogP contribution in [0.4, 0.5) is 9.52 Å². The van der Waals surface area contributed by atoms with Crippen molar-refractivity contribution in [2.45, 2.75) is 20.3 Å². The molecule has 0 fully saturated rings. The Morgan fingerprint density at radius 1 is 1.43 bits per heavy atom. The summed E-state index contributed by atoms with van der Waals surface area (Å²) in [4.78, 5) is 12.0. The monoisotopic (exact) mass is 309 g/mol. The lowest BCUT2D eigenvalue weighted by Crippen LogP contribution is -2.13. The fourth-order valence-electron chi connectivity index (χ4n) is 1.71. The minimum Gasteiger partial charge on any atom is -0.497 e. The number of rotatable bonds is 5.